The smallest absolute Gasteiger partial charge is 0.307 e. The molecule has 0 aliphatic carbocycles. The van der Waals surface area contributed by atoms with Gasteiger partial charge in [0.15, 0.2) is 0 Å². The van der Waals surface area contributed by atoms with E-state index in [0.717, 1.165) is 48.4 Å². The molecule has 34 heavy (non-hydrogen) atoms. The van der Waals surface area contributed by atoms with Crippen molar-refractivity contribution < 1.29 is 19.1 Å². The van der Waals surface area contributed by atoms with Crippen molar-refractivity contribution in [2.75, 3.05) is 32.8 Å². The van der Waals surface area contributed by atoms with E-state index in [1.54, 1.807) is 19.3 Å². The molecular formula is C27H37N3O4. The Morgan fingerprint density at radius 1 is 1.21 bits per heavy atom. The number of carbonyl (C=O) groups is 2. The highest BCUT2D eigenvalue weighted by molar-refractivity contribution is 5.95. The van der Waals surface area contributed by atoms with Crippen LogP contribution in [0, 0.1) is 13.8 Å². The van der Waals surface area contributed by atoms with E-state index in [0.29, 0.717) is 37.9 Å². The second kappa shape index (κ2) is 12.5. The van der Waals surface area contributed by atoms with E-state index in [9.17, 15) is 9.59 Å². The number of carbonyl (C=O) groups excluding carboxylic acids is 2. The van der Waals surface area contributed by atoms with Crippen LogP contribution in [0.3, 0.4) is 0 Å². The Labute approximate surface area is 203 Å². The zero-order valence-electron chi connectivity index (χ0n) is 20.9. The summed E-state index contributed by atoms with van der Waals surface area (Å²) in [5.41, 5.74) is 3.43. The monoisotopic (exact) mass is 467 g/mol. The number of pyridine rings is 1. The van der Waals surface area contributed by atoms with Crippen molar-refractivity contribution in [2.24, 2.45) is 0 Å². The van der Waals surface area contributed by atoms with Crippen LogP contribution in [0.5, 0.6) is 5.75 Å². The first-order valence-electron chi connectivity index (χ1n) is 12.2. The fourth-order valence-corrected chi connectivity index (χ4v) is 4.63. The molecule has 7 heteroatoms. The molecule has 1 aromatic heterocycles. The SMILES string of the molecule is CCOC(=O)CCN(CC1CCCN1CC)C(=O)c1cc(C)c(OCc2cccnc2)c(C)c1. The zero-order chi connectivity index (χ0) is 24.5. The van der Waals surface area contributed by atoms with Crippen LogP contribution in [-0.4, -0.2) is 65.5 Å². The lowest BCUT2D eigenvalue weighted by Crippen LogP contribution is -2.44. The van der Waals surface area contributed by atoms with E-state index < -0.39 is 0 Å². The summed E-state index contributed by atoms with van der Waals surface area (Å²) < 4.78 is 11.2. The fraction of sp³-hybridized carbons (Fsp3) is 0.519. The number of hydrogen-bond donors (Lipinski definition) is 0. The minimum absolute atomic E-state index is 0.0581. The van der Waals surface area contributed by atoms with Crippen LogP contribution in [0.15, 0.2) is 36.7 Å². The van der Waals surface area contributed by atoms with Gasteiger partial charge in [-0.05, 0) is 76.0 Å². The van der Waals surface area contributed by atoms with Crippen molar-refractivity contribution in [1.82, 2.24) is 14.8 Å². The summed E-state index contributed by atoms with van der Waals surface area (Å²) in [4.78, 5) is 34.0. The summed E-state index contributed by atoms with van der Waals surface area (Å²) in [5, 5.41) is 0. The minimum atomic E-state index is -0.273. The van der Waals surface area contributed by atoms with Crippen LogP contribution in [-0.2, 0) is 16.1 Å². The van der Waals surface area contributed by atoms with E-state index in [4.69, 9.17) is 9.47 Å². The van der Waals surface area contributed by atoms with Gasteiger partial charge in [0.1, 0.15) is 12.4 Å². The first-order valence-corrected chi connectivity index (χ1v) is 12.2. The molecule has 1 amide bonds. The maximum atomic E-state index is 13.6. The van der Waals surface area contributed by atoms with E-state index in [-0.39, 0.29) is 18.3 Å². The fourth-order valence-electron chi connectivity index (χ4n) is 4.63. The molecule has 1 fully saturated rings. The third-order valence-corrected chi connectivity index (χ3v) is 6.33. The second-order valence-corrected chi connectivity index (χ2v) is 8.82. The molecular weight excluding hydrogens is 430 g/mol. The molecule has 0 N–H and O–H groups in total. The molecule has 1 aliphatic rings. The van der Waals surface area contributed by atoms with Gasteiger partial charge in [0.25, 0.3) is 5.91 Å². The van der Waals surface area contributed by atoms with Gasteiger partial charge in [0.2, 0.25) is 0 Å². The number of hydrogen-bond acceptors (Lipinski definition) is 6. The molecule has 0 bridgehead atoms. The van der Waals surface area contributed by atoms with Gasteiger partial charge < -0.3 is 14.4 Å². The molecule has 7 nitrogen and oxygen atoms in total. The first kappa shape index (κ1) is 25.7. The van der Waals surface area contributed by atoms with Gasteiger partial charge in [-0.15, -0.1) is 0 Å². The van der Waals surface area contributed by atoms with Gasteiger partial charge in [0, 0.05) is 42.7 Å². The van der Waals surface area contributed by atoms with Gasteiger partial charge in [0.05, 0.1) is 13.0 Å². The number of likely N-dealkylation sites (N-methyl/N-ethyl adjacent to an activating group) is 1. The highest BCUT2D eigenvalue weighted by atomic mass is 16.5. The van der Waals surface area contributed by atoms with Crippen molar-refractivity contribution in [3.8, 4) is 5.75 Å². The van der Waals surface area contributed by atoms with Gasteiger partial charge in [-0.3, -0.25) is 19.5 Å². The lowest BCUT2D eigenvalue weighted by Gasteiger charge is -2.30. The molecule has 0 radical (unpaired) electrons. The highest BCUT2D eigenvalue weighted by Gasteiger charge is 2.28. The molecule has 0 spiro atoms. The van der Waals surface area contributed by atoms with E-state index in [1.165, 1.54) is 0 Å². The summed E-state index contributed by atoms with van der Waals surface area (Å²) in [7, 11) is 0. The Morgan fingerprint density at radius 3 is 2.62 bits per heavy atom. The Morgan fingerprint density at radius 2 is 1.97 bits per heavy atom. The summed E-state index contributed by atoms with van der Waals surface area (Å²) in [6.45, 7) is 11.6. The maximum absolute atomic E-state index is 13.6. The zero-order valence-corrected chi connectivity index (χ0v) is 20.9. The van der Waals surface area contributed by atoms with Crippen LogP contribution < -0.4 is 4.74 Å². The molecule has 0 saturated carbocycles. The average molecular weight is 468 g/mol. The lowest BCUT2D eigenvalue weighted by atomic mass is 10.0. The maximum Gasteiger partial charge on any atom is 0.307 e. The minimum Gasteiger partial charge on any atom is -0.488 e. The van der Waals surface area contributed by atoms with Crippen molar-refractivity contribution in [3.63, 3.8) is 0 Å². The van der Waals surface area contributed by atoms with E-state index in [2.05, 4.69) is 16.8 Å². The van der Waals surface area contributed by atoms with Gasteiger partial charge in [-0.2, -0.15) is 0 Å². The van der Waals surface area contributed by atoms with Crippen LogP contribution in [0.4, 0.5) is 0 Å². The summed E-state index contributed by atoms with van der Waals surface area (Å²) >= 11 is 0. The quantitative estimate of drug-likeness (QED) is 0.462. The van der Waals surface area contributed by atoms with Crippen LogP contribution in [0.25, 0.3) is 0 Å². The predicted molar refractivity (Wildman–Crippen MR) is 132 cm³/mol. The normalized spacial score (nSPS) is 15.8. The third kappa shape index (κ3) is 6.79. The number of ether oxygens (including phenoxy) is 2. The number of rotatable bonds is 11. The van der Waals surface area contributed by atoms with E-state index >= 15 is 0 Å². The van der Waals surface area contributed by atoms with Gasteiger partial charge in [-0.1, -0.05) is 13.0 Å². The van der Waals surface area contributed by atoms with Crippen LogP contribution >= 0.6 is 0 Å². The molecule has 2 aromatic rings. The topological polar surface area (TPSA) is 72.0 Å². The van der Waals surface area contributed by atoms with E-state index in [1.807, 2.05) is 43.0 Å². The Bertz CT molecular complexity index is 941. The van der Waals surface area contributed by atoms with Crippen molar-refractivity contribution in [3.05, 3.63) is 58.9 Å². The largest absolute Gasteiger partial charge is 0.488 e. The molecule has 1 atom stereocenters. The number of aryl methyl sites for hydroxylation is 2. The van der Waals surface area contributed by atoms with Crippen molar-refractivity contribution in [1.29, 1.82) is 0 Å². The van der Waals surface area contributed by atoms with Gasteiger partial charge in [-0.25, -0.2) is 0 Å². The molecule has 2 heterocycles. The number of benzene rings is 1. The number of nitrogens with zero attached hydrogens (tertiary/aromatic N) is 3. The number of amides is 1. The molecule has 3 rings (SSSR count). The molecule has 1 unspecified atom stereocenters. The van der Waals surface area contributed by atoms with Gasteiger partial charge >= 0.3 is 5.97 Å². The molecule has 184 valence electrons. The number of esters is 1. The Kier molecular flexibility index (Phi) is 9.45. The number of likely N-dealkylation sites (tertiary alicyclic amines) is 1. The first-order chi connectivity index (χ1) is 16.4. The van der Waals surface area contributed by atoms with Crippen molar-refractivity contribution in [2.45, 2.75) is 59.6 Å². The summed E-state index contributed by atoms with van der Waals surface area (Å²) in [6.07, 6.45) is 5.92. The average Bonchev–Trinajstić information content (AvgIpc) is 3.28. The predicted octanol–water partition coefficient (Wildman–Crippen LogP) is 4.16. The molecule has 1 aliphatic heterocycles. The molecule has 1 saturated heterocycles. The third-order valence-electron chi connectivity index (χ3n) is 6.33. The summed E-state index contributed by atoms with van der Waals surface area (Å²) in [5.74, 6) is 0.453. The summed E-state index contributed by atoms with van der Waals surface area (Å²) in [6, 6.07) is 7.95. The van der Waals surface area contributed by atoms with Crippen LogP contribution in [0.2, 0.25) is 0 Å². The standard InChI is InChI=1S/C27H37N3O4/c1-5-29-13-8-10-24(29)18-30(14-11-25(31)33-6-2)27(32)23-15-20(3)26(21(4)16-23)34-19-22-9-7-12-28-17-22/h7,9,12,15-17,24H,5-6,8,10-11,13-14,18-19H2,1-4H3. The Balaban J connectivity index is 1.76. The van der Waals surface area contributed by atoms with Crippen LogP contribution in [0.1, 0.15) is 60.2 Å². The Hall–Kier alpha value is -2.93. The second-order valence-electron chi connectivity index (χ2n) is 8.82. The lowest BCUT2D eigenvalue weighted by molar-refractivity contribution is -0.143. The highest BCUT2D eigenvalue weighted by Crippen LogP contribution is 2.27. The number of aromatic nitrogens is 1. The van der Waals surface area contributed by atoms with Crippen molar-refractivity contribution >= 4 is 11.9 Å². The molecule has 1 aromatic carbocycles.